The van der Waals surface area contributed by atoms with Crippen LogP contribution < -0.4 is 10.5 Å². The van der Waals surface area contributed by atoms with Crippen molar-refractivity contribution in [2.24, 2.45) is 5.14 Å². The molecule has 2 heterocycles. The quantitative estimate of drug-likeness (QED) is 0.253. The Bertz CT molecular complexity index is 846. The SMILES string of the molecule is Cl.Fc1c(F)c(F)c2c(C3CCNCC3)c[nH]c2c1F.NS(=O)(=O)O. The first-order valence-electron chi connectivity index (χ1n) is 6.90. The molecular weight excluding hydrogens is 390 g/mol. The fraction of sp³-hybridized carbons (Fsp3) is 0.385. The van der Waals surface area contributed by atoms with E-state index in [1.165, 1.54) is 6.20 Å². The van der Waals surface area contributed by atoms with Crippen LogP contribution in [0.4, 0.5) is 17.6 Å². The third kappa shape index (κ3) is 5.05. The summed E-state index contributed by atoms with van der Waals surface area (Å²) in [5.74, 6) is -6.19. The van der Waals surface area contributed by atoms with Gasteiger partial charge in [0.2, 0.25) is 0 Å². The number of rotatable bonds is 1. The van der Waals surface area contributed by atoms with Gasteiger partial charge in [0.25, 0.3) is 0 Å². The predicted octanol–water partition coefficient (Wildman–Crippen LogP) is 2.36. The van der Waals surface area contributed by atoms with Crippen molar-refractivity contribution in [3.8, 4) is 0 Å². The van der Waals surface area contributed by atoms with Crippen molar-refractivity contribution in [3.63, 3.8) is 0 Å². The van der Waals surface area contributed by atoms with E-state index in [0.717, 1.165) is 25.9 Å². The highest BCUT2D eigenvalue weighted by Gasteiger charge is 2.27. The van der Waals surface area contributed by atoms with Gasteiger partial charge >= 0.3 is 10.3 Å². The van der Waals surface area contributed by atoms with Gasteiger partial charge in [0, 0.05) is 11.6 Å². The number of piperidine rings is 1. The number of nitrogens with one attached hydrogen (secondary N) is 2. The van der Waals surface area contributed by atoms with Gasteiger partial charge in [0.15, 0.2) is 23.3 Å². The van der Waals surface area contributed by atoms with Crippen LogP contribution >= 0.6 is 12.4 Å². The molecule has 1 fully saturated rings. The van der Waals surface area contributed by atoms with Crippen LogP contribution in [-0.4, -0.2) is 31.0 Å². The monoisotopic (exact) mass is 405 g/mol. The molecule has 0 atom stereocenters. The lowest BCUT2D eigenvalue weighted by molar-refractivity contribution is 0.416. The van der Waals surface area contributed by atoms with Crippen LogP contribution in [0.3, 0.4) is 0 Å². The molecule has 1 aromatic heterocycles. The van der Waals surface area contributed by atoms with Crippen molar-refractivity contribution in [1.29, 1.82) is 0 Å². The minimum Gasteiger partial charge on any atom is -0.358 e. The summed E-state index contributed by atoms with van der Waals surface area (Å²) >= 11 is 0. The Morgan fingerprint density at radius 2 is 1.52 bits per heavy atom. The maximum absolute atomic E-state index is 13.9. The zero-order valence-electron chi connectivity index (χ0n) is 12.7. The lowest BCUT2D eigenvalue weighted by Gasteiger charge is -2.22. The number of benzene rings is 1. The van der Waals surface area contributed by atoms with E-state index in [-0.39, 0.29) is 29.2 Å². The Morgan fingerprint density at radius 3 is 2.04 bits per heavy atom. The highest BCUT2D eigenvalue weighted by molar-refractivity contribution is 7.83. The zero-order chi connectivity index (χ0) is 18.1. The molecule has 0 bridgehead atoms. The Balaban J connectivity index is 0.000000462. The molecule has 1 aliphatic rings. The van der Waals surface area contributed by atoms with Crippen LogP contribution in [0, 0.1) is 23.3 Å². The Labute approximate surface area is 147 Å². The standard InChI is InChI=1S/C13H12F4N2.ClH.H3NO3S/c14-9-8-7(6-1-3-18-4-2-6)5-19-13(8)12(17)11(16)10(9)15;;1-5(2,3)4/h5-6,18-19H,1-4H2;1H;(H3,1,2,3,4). The van der Waals surface area contributed by atoms with E-state index in [9.17, 15) is 17.6 Å². The third-order valence-electron chi connectivity index (χ3n) is 3.71. The molecule has 0 radical (unpaired) electrons. The lowest BCUT2D eigenvalue weighted by atomic mass is 9.90. The molecule has 6 nitrogen and oxygen atoms in total. The van der Waals surface area contributed by atoms with Gasteiger partial charge < -0.3 is 10.3 Å². The van der Waals surface area contributed by atoms with E-state index >= 15 is 0 Å². The first-order chi connectivity index (χ1) is 11.1. The van der Waals surface area contributed by atoms with E-state index in [0.29, 0.717) is 5.56 Å². The molecule has 5 N–H and O–H groups in total. The molecule has 1 aromatic carbocycles. The summed E-state index contributed by atoms with van der Waals surface area (Å²) in [6.45, 7) is 1.54. The highest BCUT2D eigenvalue weighted by Crippen LogP contribution is 2.35. The minimum atomic E-state index is -4.17. The highest BCUT2D eigenvalue weighted by atomic mass is 35.5. The molecule has 12 heteroatoms. The van der Waals surface area contributed by atoms with Gasteiger partial charge in [-0.1, -0.05) is 0 Å². The van der Waals surface area contributed by atoms with Gasteiger partial charge in [-0.05, 0) is 37.4 Å². The molecule has 2 aromatic rings. The maximum atomic E-state index is 13.9. The number of hydrogen-bond donors (Lipinski definition) is 4. The number of hydrogen-bond acceptors (Lipinski definition) is 3. The van der Waals surface area contributed by atoms with E-state index in [4.69, 9.17) is 13.0 Å². The number of halogens is 5. The molecule has 142 valence electrons. The average Bonchev–Trinajstić information content (AvgIpc) is 2.95. The summed E-state index contributed by atoms with van der Waals surface area (Å²) in [6.07, 6.45) is 2.96. The zero-order valence-corrected chi connectivity index (χ0v) is 14.3. The summed E-state index contributed by atoms with van der Waals surface area (Å²) in [7, 11) is -4.17. The van der Waals surface area contributed by atoms with Crippen LogP contribution in [0.1, 0.15) is 24.3 Å². The second-order valence-electron chi connectivity index (χ2n) is 5.29. The minimum absolute atomic E-state index is 0. The topological polar surface area (TPSA) is 108 Å². The number of aromatic nitrogens is 1. The third-order valence-corrected chi connectivity index (χ3v) is 3.71. The van der Waals surface area contributed by atoms with Crippen molar-refractivity contribution in [2.45, 2.75) is 18.8 Å². The van der Waals surface area contributed by atoms with E-state index in [1.807, 2.05) is 0 Å². The van der Waals surface area contributed by atoms with Gasteiger partial charge in [0.05, 0.1) is 5.52 Å². The molecule has 1 saturated heterocycles. The summed E-state index contributed by atoms with van der Waals surface area (Å²) < 4.78 is 79.1. The molecule has 0 spiro atoms. The summed E-state index contributed by atoms with van der Waals surface area (Å²) in [5, 5.41) is 6.88. The largest absolute Gasteiger partial charge is 0.358 e. The normalized spacial score (nSPS) is 15.4. The average molecular weight is 406 g/mol. The summed E-state index contributed by atoms with van der Waals surface area (Å²) in [4.78, 5) is 2.52. The Hall–Kier alpha value is -1.40. The number of fused-ring (bicyclic) bond motifs is 1. The summed E-state index contributed by atoms with van der Waals surface area (Å²) in [6, 6.07) is 0. The van der Waals surface area contributed by atoms with Crippen LogP contribution in [0.25, 0.3) is 10.9 Å². The van der Waals surface area contributed by atoms with Gasteiger partial charge in [-0.15, -0.1) is 12.4 Å². The number of H-pyrrole nitrogens is 1. The molecular formula is C13H16ClF4N3O3S. The first-order valence-corrected chi connectivity index (χ1v) is 8.40. The van der Waals surface area contributed by atoms with E-state index in [2.05, 4.69) is 15.4 Å². The Morgan fingerprint density at radius 1 is 1.04 bits per heavy atom. The molecule has 0 unspecified atom stereocenters. The Kier molecular flexibility index (Phi) is 7.20. The molecule has 0 saturated carbocycles. The molecule has 3 rings (SSSR count). The predicted molar refractivity (Wildman–Crippen MR) is 86.0 cm³/mol. The van der Waals surface area contributed by atoms with Gasteiger partial charge in [0.1, 0.15) is 0 Å². The fourth-order valence-electron chi connectivity index (χ4n) is 2.72. The van der Waals surface area contributed by atoms with Crippen LogP contribution in [0.15, 0.2) is 6.20 Å². The fourth-order valence-corrected chi connectivity index (χ4v) is 2.72. The van der Waals surface area contributed by atoms with Crippen molar-refractivity contribution in [2.75, 3.05) is 13.1 Å². The van der Waals surface area contributed by atoms with E-state index in [1.54, 1.807) is 0 Å². The van der Waals surface area contributed by atoms with Crippen molar-refractivity contribution < 1.29 is 30.5 Å². The van der Waals surface area contributed by atoms with Crippen molar-refractivity contribution in [1.82, 2.24) is 10.3 Å². The molecule has 1 aliphatic heterocycles. The van der Waals surface area contributed by atoms with Crippen molar-refractivity contribution >= 4 is 33.6 Å². The van der Waals surface area contributed by atoms with Crippen LogP contribution in [0.2, 0.25) is 0 Å². The van der Waals surface area contributed by atoms with Crippen LogP contribution in [0.5, 0.6) is 0 Å². The molecule has 25 heavy (non-hydrogen) atoms. The van der Waals surface area contributed by atoms with E-state index < -0.39 is 33.6 Å². The molecule has 0 aliphatic carbocycles. The second-order valence-corrected chi connectivity index (χ2v) is 6.32. The maximum Gasteiger partial charge on any atom is 0.330 e. The van der Waals surface area contributed by atoms with Gasteiger partial charge in [-0.2, -0.15) is 8.42 Å². The number of nitrogens with two attached hydrogens (primary N) is 1. The smallest absolute Gasteiger partial charge is 0.330 e. The van der Waals surface area contributed by atoms with Gasteiger partial charge in [-0.25, -0.2) is 22.7 Å². The second kappa shape index (κ2) is 8.32. The molecule has 0 amide bonds. The van der Waals surface area contributed by atoms with Gasteiger partial charge in [-0.3, -0.25) is 4.55 Å². The first kappa shape index (κ1) is 21.6. The van der Waals surface area contributed by atoms with Crippen molar-refractivity contribution in [3.05, 3.63) is 35.0 Å². The summed E-state index contributed by atoms with van der Waals surface area (Å²) in [5.41, 5.74) is 0.219. The lowest BCUT2D eigenvalue weighted by Crippen LogP contribution is -2.26. The number of aromatic amines is 1. The van der Waals surface area contributed by atoms with Crippen LogP contribution in [-0.2, 0) is 10.3 Å².